The van der Waals surface area contributed by atoms with Crippen molar-refractivity contribution in [2.24, 2.45) is 17.8 Å². The Kier molecular flexibility index (Phi) is 2.22. The van der Waals surface area contributed by atoms with Gasteiger partial charge in [0.2, 0.25) is 0 Å². The number of quaternary nitrogens is 1. The Morgan fingerprint density at radius 3 is 2.39 bits per heavy atom. The molecule has 1 aliphatic carbocycles. The van der Waals surface area contributed by atoms with Gasteiger partial charge in [0.25, 0.3) is 0 Å². The monoisotopic (exact) mass is 242 g/mol. The van der Waals surface area contributed by atoms with Crippen LogP contribution in [0.5, 0.6) is 5.75 Å². The fourth-order valence-electron chi connectivity index (χ4n) is 4.48. The summed E-state index contributed by atoms with van der Waals surface area (Å²) in [6, 6.07) is 0. The van der Waals surface area contributed by atoms with E-state index in [0.717, 1.165) is 29.2 Å². The molecule has 4 fully saturated rings. The van der Waals surface area contributed by atoms with E-state index in [4.69, 9.17) is 12.7 Å². The molecular weight excluding hydrogens is 225 g/mol. The zero-order valence-electron chi connectivity index (χ0n) is 10.4. The van der Waals surface area contributed by atoms with Crippen LogP contribution in [-0.4, -0.2) is 48.1 Å². The molecule has 3 saturated heterocycles. The Morgan fingerprint density at radius 1 is 1.11 bits per heavy atom. The average molecular weight is 242 g/mol. The van der Waals surface area contributed by atoms with E-state index < -0.39 is 0 Å². The van der Waals surface area contributed by atoms with Gasteiger partial charge in [0.05, 0.1) is 32.0 Å². The third-order valence-corrected chi connectivity index (χ3v) is 4.83. The maximum absolute atomic E-state index is 6.43. The number of rotatable bonds is 2. The Hall–Kier alpha value is -1.10. The molecule has 3 aliphatic heterocycles. The van der Waals surface area contributed by atoms with Crippen molar-refractivity contribution in [2.75, 3.05) is 19.6 Å². The second-order valence-corrected chi connectivity index (χ2v) is 6.28. The third-order valence-electron chi connectivity index (χ3n) is 4.83. The second kappa shape index (κ2) is 3.70. The van der Waals surface area contributed by atoms with E-state index in [1.165, 1.54) is 25.7 Å². The zero-order valence-corrected chi connectivity index (χ0v) is 10.4. The largest absolute Gasteiger partial charge is 0.486 e. The van der Waals surface area contributed by atoms with Crippen LogP contribution in [0.25, 0.3) is 0 Å². The first kappa shape index (κ1) is 10.8. The highest BCUT2D eigenvalue weighted by Gasteiger charge is 2.55. The molecule has 2 unspecified atom stereocenters. The van der Waals surface area contributed by atoms with Crippen LogP contribution in [0, 0.1) is 17.8 Å². The van der Waals surface area contributed by atoms with Gasteiger partial charge in [-0.2, -0.15) is 0 Å². The summed E-state index contributed by atoms with van der Waals surface area (Å²) in [5.74, 6) is 2.84. The summed E-state index contributed by atoms with van der Waals surface area (Å²) in [7, 11) is 6.43. The lowest BCUT2D eigenvalue weighted by molar-refractivity contribution is -0.852. The summed E-state index contributed by atoms with van der Waals surface area (Å²) >= 11 is 0. The van der Waals surface area contributed by atoms with Gasteiger partial charge in [-0.1, -0.05) is 0 Å². The minimum Gasteiger partial charge on any atom is -0.486 e. The SMILES string of the molecule is [B][N+]12CC3CC(C1)C(Oc1cncnc1)C(C3)C2. The van der Waals surface area contributed by atoms with E-state index in [1.807, 2.05) is 0 Å². The van der Waals surface area contributed by atoms with Gasteiger partial charge in [-0.3, -0.25) is 0 Å². The fraction of sp³-hybridized carbons (Fsp3) is 0.692. The number of ether oxygens (including phenoxy) is 1. The zero-order chi connectivity index (χ0) is 12.2. The van der Waals surface area contributed by atoms with E-state index in [-0.39, 0.29) is 0 Å². The molecule has 2 radical (unpaired) electrons. The molecule has 4 heterocycles. The van der Waals surface area contributed by atoms with E-state index in [1.54, 1.807) is 12.4 Å². The van der Waals surface area contributed by atoms with Crippen LogP contribution in [0.15, 0.2) is 18.7 Å². The Bertz CT molecular complexity index is 439. The molecule has 5 heteroatoms. The molecule has 1 saturated carbocycles. The van der Waals surface area contributed by atoms with Gasteiger partial charge in [-0.25, -0.2) is 9.97 Å². The summed E-state index contributed by atoms with van der Waals surface area (Å²) in [6.07, 6.45) is 7.94. The summed E-state index contributed by atoms with van der Waals surface area (Å²) in [6.45, 7) is 3.32. The average Bonchev–Trinajstić information content (AvgIpc) is 2.33. The van der Waals surface area contributed by atoms with Crippen LogP contribution in [0.1, 0.15) is 12.8 Å². The van der Waals surface area contributed by atoms with Gasteiger partial charge in [0.1, 0.15) is 12.4 Å². The standard InChI is InChI=1S/C13H17BN3O/c14-17-5-9-1-10(6-17)13(11(2-9)7-17)18-12-3-15-8-16-4-12/h3-4,8-11,13H,1-2,5-7H2/q+1. The third kappa shape index (κ3) is 1.64. The molecule has 4 nitrogen and oxygen atoms in total. The van der Waals surface area contributed by atoms with Crippen LogP contribution >= 0.6 is 0 Å². The van der Waals surface area contributed by atoms with Crippen molar-refractivity contribution in [1.29, 1.82) is 0 Å². The Balaban J connectivity index is 1.57. The molecule has 1 aromatic heterocycles. The maximum atomic E-state index is 6.43. The molecule has 92 valence electrons. The van der Waals surface area contributed by atoms with Crippen LogP contribution in [0.4, 0.5) is 0 Å². The van der Waals surface area contributed by atoms with Crippen LogP contribution in [-0.2, 0) is 0 Å². The highest BCUT2D eigenvalue weighted by Crippen LogP contribution is 2.47. The van der Waals surface area contributed by atoms with Crippen molar-refractivity contribution in [1.82, 2.24) is 9.97 Å². The van der Waals surface area contributed by atoms with Gasteiger partial charge in [0.15, 0.2) is 5.75 Å². The minimum absolute atomic E-state index is 0.322. The lowest BCUT2D eigenvalue weighted by Gasteiger charge is -2.59. The van der Waals surface area contributed by atoms with E-state index in [2.05, 4.69) is 9.97 Å². The van der Waals surface area contributed by atoms with Crippen LogP contribution in [0.3, 0.4) is 0 Å². The quantitative estimate of drug-likeness (QED) is 0.719. The van der Waals surface area contributed by atoms with E-state index >= 15 is 0 Å². The summed E-state index contributed by atoms with van der Waals surface area (Å²) in [5, 5.41) is 0. The number of piperidine rings is 3. The van der Waals surface area contributed by atoms with Crippen LogP contribution < -0.4 is 4.74 Å². The van der Waals surface area contributed by atoms with E-state index in [0.29, 0.717) is 17.9 Å². The van der Waals surface area contributed by atoms with Crippen molar-refractivity contribution in [3.05, 3.63) is 18.7 Å². The predicted molar refractivity (Wildman–Crippen MR) is 66.8 cm³/mol. The lowest BCUT2D eigenvalue weighted by atomic mass is 9.63. The van der Waals surface area contributed by atoms with Crippen molar-refractivity contribution >= 4 is 7.98 Å². The van der Waals surface area contributed by atoms with Gasteiger partial charge >= 0.3 is 7.98 Å². The normalized spacial score (nSPS) is 45.1. The number of aromatic nitrogens is 2. The van der Waals surface area contributed by atoms with Crippen LogP contribution in [0.2, 0.25) is 0 Å². The molecule has 0 spiro atoms. The predicted octanol–water partition coefficient (Wildman–Crippen LogP) is 0.794. The maximum Gasteiger partial charge on any atom is 0.481 e. The molecule has 0 amide bonds. The van der Waals surface area contributed by atoms with E-state index in [9.17, 15) is 0 Å². The molecule has 4 bridgehead atoms. The van der Waals surface area contributed by atoms with Gasteiger partial charge < -0.3 is 9.13 Å². The highest BCUT2D eigenvalue weighted by atomic mass is 16.5. The van der Waals surface area contributed by atoms with Crippen molar-refractivity contribution in [3.63, 3.8) is 0 Å². The minimum atomic E-state index is 0.322. The first-order chi connectivity index (χ1) is 8.72. The molecular formula is C13H17BN3O+. The molecule has 0 N–H and O–H groups in total. The first-order valence-corrected chi connectivity index (χ1v) is 6.78. The van der Waals surface area contributed by atoms with Gasteiger partial charge in [-0.05, 0) is 12.8 Å². The summed E-state index contributed by atoms with van der Waals surface area (Å²) in [4.78, 5) is 8.03. The summed E-state index contributed by atoms with van der Waals surface area (Å²) in [5.41, 5.74) is 0. The molecule has 2 atom stereocenters. The Labute approximate surface area is 108 Å². The number of hydrogen-bond acceptors (Lipinski definition) is 3. The molecule has 0 aromatic carbocycles. The topological polar surface area (TPSA) is 35.0 Å². The summed E-state index contributed by atoms with van der Waals surface area (Å²) < 4.78 is 6.93. The lowest BCUT2D eigenvalue weighted by Crippen LogP contribution is -2.70. The van der Waals surface area contributed by atoms with Gasteiger partial charge in [-0.15, -0.1) is 0 Å². The molecule has 4 aliphatic rings. The fourth-order valence-corrected chi connectivity index (χ4v) is 4.48. The van der Waals surface area contributed by atoms with Crippen molar-refractivity contribution < 1.29 is 9.13 Å². The van der Waals surface area contributed by atoms with Gasteiger partial charge in [0, 0.05) is 17.8 Å². The van der Waals surface area contributed by atoms with Crippen molar-refractivity contribution in [2.45, 2.75) is 18.9 Å². The molecule has 5 rings (SSSR count). The second-order valence-electron chi connectivity index (χ2n) is 6.28. The first-order valence-electron chi connectivity index (χ1n) is 6.78. The van der Waals surface area contributed by atoms with Crippen molar-refractivity contribution in [3.8, 4) is 5.75 Å². The molecule has 18 heavy (non-hydrogen) atoms. The number of nitrogens with zero attached hydrogens (tertiary/aromatic N) is 3. The smallest absolute Gasteiger partial charge is 0.481 e. The number of hydrogen-bond donors (Lipinski definition) is 0. The highest BCUT2D eigenvalue weighted by molar-refractivity contribution is 5.97. The molecule has 1 aromatic rings. The Morgan fingerprint density at radius 2 is 1.78 bits per heavy atom.